The van der Waals surface area contributed by atoms with Gasteiger partial charge in [0.25, 0.3) is 0 Å². The molecule has 0 aliphatic carbocycles. The number of benzene rings is 1. The van der Waals surface area contributed by atoms with E-state index in [4.69, 9.17) is 10.5 Å². The van der Waals surface area contributed by atoms with E-state index >= 15 is 0 Å². The second-order valence-corrected chi connectivity index (χ2v) is 4.51. The third kappa shape index (κ3) is 3.10. The normalized spacial score (nSPS) is 11.6. The smallest absolute Gasteiger partial charge is 0.128 e. The minimum Gasteiger partial charge on any atom is -0.397 e. The van der Waals surface area contributed by atoms with E-state index in [2.05, 4.69) is 5.32 Å². The van der Waals surface area contributed by atoms with Crippen molar-refractivity contribution in [3.8, 4) is 0 Å². The number of rotatable bonds is 4. The Morgan fingerprint density at radius 2 is 2.06 bits per heavy atom. The fourth-order valence-corrected chi connectivity index (χ4v) is 1.23. The van der Waals surface area contributed by atoms with Crippen LogP contribution in [0, 0.1) is 12.7 Å². The molecule has 0 heterocycles. The van der Waals surface area contributed by atoms with Crippen LogP contribution < -0.4 is 11.1 Å². The Morgan fingerprint density at radius 1 is 1.44 bits per heavy atom. The summed E-state index contributed by atoms with van der Waals surface area (Å²) in [5.41, 5.74) is 7.16. The van der Waals surface area contributed by atoms with Gasteiger partial charge in [0.2, 0.25) is 0 Å². The molecule has 0 unspecified atom stereocenters. The van der Waals surface area contributed by atoms with Crippen LogP contribution in [-0.4, -0.2) is 19.3 Å². The van der Waals surface area contributed by atoms with E-state index in [1.165, 1.54) is 6.07 Å². The van der Waals surface area contributed by atoms with Gasteiger partial charge in [-0.15, -0.1) is 0 Å². The first kappa shape index (κ1) is 12.8. The second kappa shape index (κ2) is 4.70. The molecule has 0 saturated carbocycles. The van der Waals surface area contributed by atoms with Gasteiger partial charge in [-0.05, 0) is 38.5 Å². The van der Waals surface area contributed by atoms with Gasteiger partial charge >= 0.3 is 0 Å². The van der Waals surface area contributed by atoms with Gasteiger partial charge in [-0.1, -0.05) is 0 Å². The topological polar surface area (TPSA) is 47.3 Å². The molecule has 3 nitrogen and oxygen atoms in total. The van der Waals surface area contributed by atoms with Crippen LogP contribution in [0.3, 0.4) is 0 Å². The van der Waals surface area contributed by atoms with Crippen molar-refractivity contribution in [2.75, 3.05) is 24.7 Å². The Labute approximate surface area is 95.8 Å². The molecule has 0 aliphatic heterocycles. The third-order valence-electron chi connectivity index (χ3n) is 2.59. The van der Waals surface area contributed by atoms with Crippen LogP contribution in [0.15, 0.2) is 12.1 Å². The molecule has 90 valence electrons. The Balaban J connectivity index is 2.79. The molecule has 0 fully saturated rings. The summed E-state index contributed by atoms with van der Waals surface area (Å²) in [6.07, 6.45) is 0. The first-order valence-electron chi connectivity index (χ1n) is 5.20. The first-order chi connectivity index (χ1) is 7.35. The Hall–Kier alpha value is -1.29. The van der Waals surface area contributed by atoms with E-state index in [9.17, 15) is 4.39 Å². The second-order valence-electron chi connectivity index (χ2n) is 4.51. The molecule has 16 heavy (non-hydrogen) atoms. The van der Waals surface area contributed by atoms with E-state index in [1.807, 2.05) is 13.8 Å². The van der Waals surface area contributed by atoms with E-state index in [0.717, 1.165) is 5.69 Å². The zero-order chi connectivity index (χ0) is 12.3. The number of anilines is 2. The van der Waals surface area contributed by atoms with Crippen molar-refractivity contribution in [1.29, 1.82) is 0 Å². The number of nitrogens with two attached hydrogens (primary N) is 1. The Morgan fingerprint density at radius 3 is 2.62 bits per heavy atom. The molecule has 1 rings (SSSR count). The molecule has 1 aromatic carbocycles. The summed E-state index contributed by atoms with van der Waals surface area (Å²) in [7, 11) is 1.65. The standard InChI is InChI=1S/C12H19FN2O/c1-8-5-11(10(14)6-9(8)13)15-7-12(2,3)16-4/h5-6,15H,7,14H2,1-4H3. The minimum absolute atomic E-state index is 0.283. The van der Waals surface area contributed by atoms with Gasteiger partial charge in [0.1, 0.15) is 5.82 Å². The lowest BCUT2D eigenvalue weighted by molar-refractivity contribution is 0.0344. The molecule has 0 amide bonds. The predicted molar refractivity (Wildman–Crippen MR) is 65.1 cm³/mol. The molecule has 0 spiro atoms. The van der Waals surface area contributed by atoms with Crippen molar-refractivity contribution in [3.63, 3.8) is 0 Å². The van der Waals surface area contributed by atoms with Gasteiger partial charge in [0, 0.05) is 13.7 Å². The molecule has 0 bridgehead atoms. The maximum absolute atomic E-state index is 13.2. The number of nitrogens with one attached hydrogen (secondary N) is 1. The molecule has 1 aromatic rings. The summed E-state index contributed by atoms with van der Waals surface area (Å²) >= 11 is 0. The lowest BCUT2D eigenvalue weighted by Gasteiger charge is -2.24. The summed E-state index contributed by atoms with van der Waals surface area (Å²) in [5.74, 6) is -0.283. The largest absolute Gasteiger partial charge is 0.397 e. The fraction of sp³-hybridized carbons (Fsp3) is 0.500. The van der Waals surface area contributed by atoms with Crippen LogP contribution in [-0.2, 0) is 4.74 Å². The maximum atomic E-state index is 13.2. The van der Waals surface area contributed by atoms with Crippen LogP contribution in [0.2, 0.25) is 0 Å². The summed E-state index contributed by atoms with van der Waals surface area (Å²) in [6.45, 7) is 6.25. The van der Waals surface area contributed by atoms with Crippen LogP contribution in [0.25, 0.3) is 0 Å². The van der Waals surface area contributed by atoms with Gasteiger partial charge in [0.05, 0.1) is 17.0 Å². The predicted octanol–water partition coefficient (Wildman–Crippen LogP) is 2.55. The summed E-state index contributed by atoms with van der Waals surface area (Å²) in [5, 5.41) is 3.16. The van der Waals surface area contributed by atoms with Crippen molar-refractivity contribution in [3.05, 3.63) is 23.5 Å². The number of methoxy groups -OCH3 is 1. The highest BCUT2D eigenvalue weighted by Gasteiger charge is 2.16. The molecule has 3 N–H and O–H groups in total. The maximum Gasteiger partial charge on any atom is 0.128 e. The molecule has 0 atom stereocenters. The van der Waals surface area contributed by atoms with E-state index in [0.29, 0.717) is 17.8 Å². The molecule has 0 aliphatic rings. The Bertz CT molecular complexity index is 378. The zero-order valence-corrected chi connectivity index (χ0v) is 10.2. The number of ether oxygens (including phenoxy) is 1. The lowest BCUT2D eigenvalue weighted by Crippen LogP contribution is -2.32. The van der Waals surface area contributed by atoms with E-state index in [-0.39, 0.29) is 11.4 Å². The monoisotopic (exact) mass is 226 g/mol. The quantitative estimate of drug-likeness (QED) is 0.776. The lowest BCUT2D eigenvalue weighted by atomic mass is 10.1. The highest BCUT2D eigenvalue weighted by atomic mass is 19.1. The first-order valence-corrected chi connectivity index (χ1v) is 5.20. The van der Waals surface area contributed by atoms with Gasteiger partial charge < -0.3 is 15.8 Å². The van der Waals surface area contributed by atoms with Crippen LogP contribution >= 0.6 is 0 Å². The molecule has 0 radical (unpaired) electrons. The summed E-state index contributed by atoms with van der Waals surface area (Å²) < 4.78 is 18.4. The van der Waals surface area contributed by atoms with Gasteiger partial charge in [-0.3, -0.25) is 0 Å². The average molecular weight is 226 g/mol. The highest BCUT2D eigenvalue weighted by Crippen LogP contribution is 2.23. The van der Waals surface area contributed by atoms with Crippen molar-refractivity contribution in [2.24, 2.45) is 0 Å². The SMILES string of the molecule is COC(C)(C)CNc1cc(C)c(F)cc1N. The van der Waals surface area contributed by atoms with Crippen LogP contribution in [0.4, 0.5) is 15.8 Å². The number of hydrogen-bond donors (Lipinski definition) is 2. The number of aryl methyl sites for hydroxylation is 1. The number of nitrogen functional groups attached to an aromatic ring is 1. The number of halogens is 1. The minimum atomic E-state index is -0.283. The average Bonchev–Trinajstić information content (AvgIpc) is 2.22. The van der Waals surface area contributed by atoms with Crippen LogP contribution in [0.1, 0.15) is 19.4 Å². The number of hydrogen-bond acceptors (Lipinski definition) is 3. The van der Waals surface area contributed by atoms with E-state index in [1.54, 1.807) is 20.1 Å². The molecular formula is C12H19FN2O. The summed E-state index contributed by atoms with van der Waals surface area (Å²) in [4.78, 5) is 0. The molecular weight excluding hydrogens is 207 g/mol. The van der Waals surface area contributed by atoms with Crippen LogP contribution in [0.5, 0.6) is 0 Å². The Kier molecular flexibility index (Phi) is 3.75. The van der Waals surface area contributed by atoms with E-state index < -0.39 is 0 Å². The third-order valence-corrected chi connectivity index (χ3v) is 2.59. The highest BCUT2D eigenvalue weighted by molar-refractivity contribution is 5.67. The van der Waals surface area contributed by atoms with Crippen molar-refractivity contribution >= 4 is 11.4 Å². The van der Waals surface area contributed by atoms with Crippen molar-refractivity contribution in [1.82, 2.24) is 0 Å². The van der Waals surface area contributed by atoms with Gasteiger partial charge in [0.15, 0.2) is 0 Å². The van der Waals surface area contributed by atoms with Gasteiger partial charge in [-0.25, -0.2) is 4.39 Å². The van der Waals surface area contributed by atoms with Crippen molar-refractivity contribution < 1.29 is 9.13 Å². The summed E-state index contributed by atoms with van der Waals surface area (Å²) in [6, 6.07) is 3.04. The molecule has 0 aromatic heterocycles. The zero-order valence-electron chi connectivity index (χ0n) is 10.2. The van der Waals surface area contributed by atoms with Gasteiger partial charge in [-0.2, -0.15) is 0 Å². The van der Waals surface area contributed by atoms with Crippen molar-refractivity contribution in [2.45, 2.75) is 26.4 Å². The molecule has 4 heteroatoms. The molecule has 0 saturated heterocycles. The fourth-order valence-electron chi connectivity index (χ4n) is 1.23.